The van der Waals surface area contributed by atoms with Crippen LogP contribution >= 0.6 is 11.3 Å². The normalized spacial score (nSPS) is 10.5. The summed E-state index contributed by atoms with van der Waals surface area (Å²) in [5.74, 6) is 0.810. The third-order valence-electron chi connectivity index (χ3n) is 2.36. The van der Waals surface area contributed by atoms with Gasteiger partial charge in [0.15, 0.2) is 5.01 Å². The van der Waals surface area contributed by atoms with E-state index in [4.69, 9.17) is 15.2 Å². The smallest absolute Gasteiger partial charge is 0.203 e. The van der Waals surface area contributed by atoms with Crippen molar-refractivity contribution in [3.63, 3.8) is 0 Å². The third kappa shape index (κ3) is 3.68. The van der Waals surface area contributed by atoms with Crippen LogP contribution in [0.15, 0.2) is 24.3 Å². The molecule has 5 nitrogen and oxygen atoms in total. The molecule has 0 aliphatic rings. The van der Waals surface area contributed by atoms with Crippen LogP contribution < -0.4 is 10.5 Å². The quantitative estimate of drug-likeness (QED) is 0.863. The van der Waals surface area contributed by atoms with Crippen LogP contribution in [0.1, 0.15) is 10.6 Å². The molecule has 0 fully saturated rings. The SMILES string of the molecule is COCCc1ccc(OCc2nnc(N)s2)cc1. The number of anilines is 1. The van der Waals surface area contributed by atoms with Crippen LogP contribution in [0.25, 0.3) is 0 Å². The lowest BCUT2D eigenvalue weighted by Gasteiger charge is -2.05. The lowest BCUT2D eigenvalue weighted by atomic mass is 10.1. The minimum Gasteiger partial charge on any atom is -0.486 e. The molecule has 2 N–H and O–H groups in total. The van der Waals surface area contributed by atoms with Gasteiger partial charge in [0.25, 0.3) is 0 Å². The highest BCUT2D eigenvalue weighted by atomic mass is 32.1. The standard InChI is InChI=1S/C12H15N3O2S/c1-16-7-6-9-2-4-10(5-3-9)17-8-11-14-15-12(13)18-11/h2-5H,6-8H2,1H3,(H2,13,15). The van der Waals surface area contributed by atoms with Gasteiger partial charge in [0.05, 0.1) is 6.61 Å². The van der Waals surface area contributed by atoms with E-state index in [1.54, 1.807) is 7.11 Å². The summed E-state index contributed by atoms with van der Waals surface area (Å²) in [6.07, 6.45) is 0.906. The van der Waals surface area contributed by atoms with E-state index in [2.05, 4.69) is 10.2 Å². The zero-order chi connectivity index (χ0) is 12.8. The lowest BCUT2D eigenvalue weighted by molar-refractivity contribution is 0.202. The molecule has 0 saturated heterocycles. The monoisotopic (exact) mass is 265 g/mol. The largest absolute Gasteiger partial charge is 0.486 e. The van der Waals surface area contributed by atoms with Crippen LogP contribution in [0.3, 0.4) is 0 Å². The molecule has 0 unspecified atom stereocenters. The summed E-state index contributed by atoms with van der Waals surface area (Å²) in [6, 6.07) is 7.94. The number of benzene rings is 1. The van der Waals surface area contributed by atoms with Crippen molar-refractivity contribution in [2.24, 2.45) is 0 Å². The highest BCUT2D eigenvalue weighted by Gasteiger charge is 2.02. The molecule has 2 rings (SSSR count). The lowest BCUT2D eigenvalue weighted by Crippen LogP contribution is -1.96. The van der Waals surface area contributed by atoms with Crippen molar-refractivity contribution < 1.29 is 9.47 Å². The summed E-state index contributed by atoms with van der Waals surface area (Å²) in [6.45, 7) is 1.12. The molecular weight excluding hydrogens is 250 g/mol. The van der Waals surface area contributed by atoms with E-state index < -0.39 is 0 Å². The second kappa shape index (κ2) is 6.32. The molecule has 0 amide bonds. The Morgan fingerprint density at radius 3 is 2.61 bits per heavy atom. The van der Waals surface area contributed by atoms with Crippen molar-refractivity contribution in [1.29, 1.82) is 0 Å². The Hall–Kier alpha value is -1.66. The Kier molecular flexibility index (Phi) is 4.49. The number of ether oxygens (including phenoxy) is 2. The first-order valence-electron chi connectivity index (χ1n) is 5.56. The topological polar surface area (TPSA) is 70.3 Å². The predicted molar refractivity (Wildman–Crippen MR) is 70.7 cm³/mol. The number of methoxy groups -OCH3 is 1. The first-order valence-corrected chi connectivity index (χ1v) is 6.38. The van der Waals surface area contributed by atoms with E-state index in [0.717, 1.165) is 23.8 Å². The van der Waals surface area contributed by atoms with Gasteiger partial charge in [-0.05, 0) is 24.1 Å². The van der Waals surface area contributed by atoms with E-state index in [-0.39, 0.29) is 0 Å². The fourth-order valence-electron chi connectivity index (χ4n) is 1.44. The van der Waals surface area contributed by atoms with E-state index >= 15 is 0 Å². The minimum absolute atomic E-state index is 0.395. The van der Waals surface area contributed by atoms with E-state index in [1.807, 2.05) is 24.3 Å². The average Bonchev–Trinajstić information content (AvgIpc) is 2.81. The van der Waals surface area contributed by atoms with Gasteiger partial charge in [0.1, 0.15) is 12.4 Å². The van der Waals surface area contributed by atoms with Gasteiger partial charge < -0.3 is 15.2 Å². The van der Waals surface area contributed by atoms with Crippen LogP contribution in [0.5, 0.6) is 5.75 Å². The summed E-state index contributed by atoms with van der Waals surface area (Å²) < 4.78 is 10.6. The molecule has 1 heterocycles. The first-order chi connectivity index (χ1) is 8.78. The number of nitrogens with two attached hydrogens (primary N) is 1. The first kappa shape index (κ1) is 12.8. The van der Waals surface area contributed by atoms with Crippen molar-refractivity contribution in [3.8, 4) is 5.75 Å². The van der Waals surface area contributed by atoms with Gasteiger partial charge in [-0.1, -0.05) is 23.5 Å². The van der Waals surface area contributed by atoms with Gasteiger partial charge in [0, 0.05) is 7.11 Å². The number of nitrogen functional groups attached to an aromatic ring is 1. The molecule has 0 spiro atoms. The molecule has 0 radical (unpaired) electrons. The third-order valence-corrected chi connectivity index (χ3v) is 3.09. The van der Waals surface area contributed by atoms with E-state index in [1.165, 1.54) is 16.9 Å². The maximum atomic E-state index is 5.59. The molecule has 96 valence electrons. The van der Waals surface area contributed by atoms with Crippen molar-refractivity contribution in [2.75, 3.05) is 19.5 Å². The van der Waals surface area contributed by atoms with Crippen molar-refractivity contribution in [1.82, 2.24) is 10.2 Å². The minimum atomic E-state index is 0.395. The summed E-state index contributed by atoms with van der Waals surface area (Å²) in [4.78, 5) is 0. The molecule has 2 aromatic rings. The van der Waals surface area contributed by atoms with Crippen LogP contribution in [-0.4, -0.2) is 23.9 Å². The highest BCUT2D eigenvalue weighted by molar-refractivity contribution is 7.15. The Bertz CT molecular complexity index is 484. The molecule has 6 heteroatoms. The van der Waals surface area contributed by atoms with Gasteiger partial charge in [-0.15, -0.1) is 10.2 Å². The van der Waals surface area contributed by atoms with Gasteiger partial charge in [-0.2, -0.15) is 0 Å². The molecule has 0 aliphatic heterocycles. The molecule has 0 aliphatic carbocycles. The Morgan fingerprint density at radius 2 is 2.00 bits per heavy atom. The number of hydrogen-bond donors (Lipinski definition) is 1. The second-order valence-corrected chi connectivity index (χ2v) is 4.80. The number of nitrogens with zero attached hydrogens (tertiary/aromatic N) is 2. The van der Waals surface area contributed by atoms with E-state index in [0.29, 0.717) is 11.7 Å². The fourth-order valence-corrected chi connectivity index (χ4v) is 1.96. The predicted octanol–water partition coefficient (Wildman–Crippen LogP) is 1.89. The van der Waals surface area contributed by atoms with Crippen molar-refractivity contribution in [3.05, 3.63) is 34.8 Å². The number of aromatic nitrogens is 2. The van der Waals surface area contributed by atoms with Crippen molar-refractivity contribution >= 4 is 16.5 Å². The highest BCUT2D eigenvalue weighted by Crippen LogP contribution is 2.17. The fraction of sp³-hybridized carbons (Fsp3) is 0.333. The van der Waals surface area contributed by atoms with Crippen LogP contribution in [0, 0.1) is 0 Å². The molecule has 0 saturated carbocycles. The summed E-state index contributed by atoms with van der Waals surface area (Å²) in [7, 11) is 1.70. The van der Waals surface area contributed by atoms with Crippen LogP contribution in [0.2, 0.25) is 0 Å². The Morgan fingerprint density at radius 1 is 1.22 bits per heavy atom. The van der Waals surface area contributed by atoms with Gasteiger partial charge >= 0.3 is 0 Å². The molecule has 0 bridgehead atoms. The maximum Gasteiger partial charge on any atom is 0.203 e. The van der Waals surface area contributed by atoms with Gasteiger partial charge in [-0.25, -0.2) is 0 Å². The van der Waals surface area contributed by atoms with Crippen LogP contribution in [-0.2, 0) is 17.8 Å². The number of hydrogen-bond acceptors (Lipinski definition) is 6. The zero-order valence-corrected chi connectivity index (χ0v) is 10.9. The molecule has 1 aromatic heterocycles. The molecule has 0 atom stereocenters. The Balaban J connectivity index is 1.86. The number of rotatable bonds is 6. The maximum absolute atomic E-state index is 5.59. The zero-order valence-electron chi connectivity index (χ0n) is 10.1. The Labute approximate surface area is 110 Å². The summed E-state index contributed by atoms with van der Waals surface area (Å²) in [5, 5.41) is 8.86. The summed E-state index contributed by atoms with van der Waals surface area (Å²) in [5.41, 5.74) is 6.72. The molecule has 1 aromatic carbocycles. The average molecular weight is 265 g/mol. The van der Waals surface area contributed by atoms with Gasteiger partial charge in [0.2, 0.25) is 5.13 Å². The summed E-state index contributed by atoms with van der Waals surface area (Å²) >= 11 is 1.34. The molecular formula is C12H15N3O2S. The van der Waals surface area contributed by atoms with Crippen molar-refractivity contribution in [2.45, 2.75) is 13.0 Å². The van der Waals surface area contributed by atoms with Gasteiger partial charge in [-0.3, -0.25) is 0 Å². The second-order valence-electron chi connectivity index (χ2n) is 3.71. The molecule has 18 heavy (non-hydrogen) atoms. The van der Waals surface area contributed by atoms with E-state index in [9.17, 15) is 0 Å². The van der Waals surface area contributed by atoms with Crippen LogP contribution in [0.4, 0.5) is 5.13 Å².